The first-order chi connectivity index (χ1) is 7.67. The number of methoxy groups -OCH3 is 1. The Bertz CT molecular complexity index is 376. The Hall–Kier alpha value is -1.36. The highest BCUT2D eigenvalue weighted by molar-refractivity contribution is 5.05. The number of aryl methyl sites for hydroxylation is 1. The van der Waals surface area contributed by atoms with Gasteiger partial charge in [0.1, 0.15) is 0 Å². The summed E-state index contributed by atoms with van der Waals surface area (Å²) in [5.41, 5.74) is -0.0931. The predicted octanol–water partition coefficient (Wildman–Crippen LogP) is 0.640. The summed E-state index contributed by atoms with van der Waals surface area (Å²) >= 11 is 0. The van der Waals surface area contributed by atoms with Crippen LogP contribution in [0, 0.1) is 0 Å². The smallest absolute Gasteiger partial charge is 0.266 e. The quantitative estimate of drug-likeness (QED) is 0.772. The molecule has 1 aromatic rings. The van der Waals surface area contributed by atoms with Crippen molar-refractivity contribution in [2.75, 3.05) is 13.7 Å². The van der Waals surface area contributed by atoms with E-state index in [1.807, 2.05) is 0 Å². The molecule has 0 aliphatic rings. The van der Waals surface area contributed by atoms with Gasteiger partial charge in [0.15, 0.2) is 0 Å². The fourth-order valence-electron chi connectivity index (χ4n) is 1.47. The number of rotatable bonds is 6. The van der Waals surface area contributed by atoms with Gasteiger partial charge in [0.25, 0.3) is 5.56 Å². The van der Waals surface area contributed by atoms with E-state index in [0.29, 0.717) is 18.5 Å². The van der Waals surface area contributed by atoms with E-state index in [1.54, 1.807) is 13.2 Å². The molecule has 1 rings (SSSR count). The van der Waals surface area contributed by atoms with Crippen LogP contribution in [0.2, 0.25) is 0 Å². The monoisotopic (exact) mass is 225 g/mol. The SMILES string of the molecule is CCNC(C)CCn1nc(OC)ccc1=O. The van der Waals surface area contributed by atoms with Crippen LogP contribution in [0.25, 0.3) is 0 Å². The third-order valence-electron chi connectivity index (χ3n) is 2.38. The van der Waals surface area contributed by atoms with Crippen LogP contribution < -0.4 is 15.6 Å². The molecule has 5 nitrogen and oxygen atoms in total. The van der Waals surface area contributed by atoms with Crippen LogP contribution in [0.15, 0.2) is 16.9 Å². The first-order valence-corrected chi connectivity index (χ1v) is 5.53. The van der Waals surface area contributed by atoms with Gasteiger partial charge in [-0.15, -0.1) is 5.10 Å². The van der Waals surface area contributed by atoms with E-state index in [-0.39, 0.29) is 5.56 Å². The first kappa shape index (κ1) is 12.7. The van der Waals surface area contributed by atoms with Gasteiger partial charge in [-0.25, -0.2) is 4.68 Å². The molecule has 0 saturated carbocycles. The third-order valence-corrected chi connectivity index (χ3v) is 2.38. The molecule has 5 heteroatoms. The molecular formula is C11H19N3O2. The van der Waals surface area contributed by atoms with Crippen LogP contribution >= 0.6 is 0 Å². The lowest BCUT2D eigenvalue weighted by molar-refractivity contribution is 0.368. The summed E-state index contributed by atoms with van der Waals surface area (Å²) in [6.45, 7) is 5.69. The van der Waals surface area contributed by atoms with Crippen molar-refractivity contribution in [3.63, 3.8) is 0 Å². The van der Waals surface area contributed by atoms with Crippen LogP contribution in [-0.2, 0) is 6.54 Å². The van der Waals surface area contributed by atoms with E-state index in [1.165, 1.54) is 10.7 Å². The van der Waals surface area contributed by atoms with Gasteiger partial charge < -0.3 is 10.1 Å². The summed E-state index contributed by atoms with van der Waals surface area (Å²) in [6.07, 6.45) is 0.869. The maximum absolute atomic E-state index is 11.5. The van der Waals surface area contributed by atoms with E-state index in [0.717, 1.165) is 13.0 Å². The summed E-state index contributed by atoms with van der Waals surface area (Å²) < 4.78 is 6.41. The van der Waals surface area contributed by atoms with Crippen molar-refractivity contribution in [1.82, 2.24) is 15.1 Å². The highest BCUT2D eigenvalue weighted by Gasteiger charge is 2.03. The van der Waals surface area contributed by atoms with E-state index >= 15 is 0 Å². The number of hydrogen-bond acceptors (Lipinski definition) is 4. The second-order valence-electron chi connectivity index (χ2n) is 3.68. The number of nitrogens with zero attached hydrogens (tertiary/aromatic N) is 2. The summed E-state index contributed by atoms with van der Waals surface area (Å²) in [5.74, 6) is 0.468. The van der Waals surface area contributed by atoms with Crippen LogP contribution in [0.3, 0.4) is 0 Å². The standard InChI is InChI=1S/C11H19N3O2/c1-4-12-9(2)7-8-14-11(15)6-5-10(13-14)16-3/h5-6,9,12H,4,7-8H2,1-3H3. The van der Waals surface area contributed by atoms with Gasteiger partial charge in [0.05, 0.1) is 7.11 Å². The minimum Gasteiger partial charge on any atom is -0.480 e. The lowest BCUT2D eigenvalue weighted by Gasteiger charge is -2.12. The number of ether oxygens (including phenoxy) is 1. The Morgan fingerprint density at radius 3 is 2.94 bits per heavy atom. The topological polar surface area (TPSA) is 56.1 Å². The Morgan fingerprint density at radius 2 is 2.31 bits per heavy atom. The maximum Gasteiger partial charge on any atom is 0.266 e. The van der Waals surface area contributed by atoms with Crippen molar-refractivity contribution >= 4 is 0 Å². The largest absolute Gasteiger partial charge is 0.480 e. The molecule has 1 heterocycles. The molecule has 16 heavy (non-hydrogen) atoms. The van der Waals surface area contributed by atoms with Gasteiger partial charge in [0.2, 0.25) is 5.88 Å². The number of hydrogen-bond donors (Lipinski definition) is 1. The molecule has 0 spiro atoms. The van der Waals surface area contributed by atoms with Gasteiger partial charge in [-0.05, 0) is 19.9 Å². The van der Waals surface area contributed by atoms with Crippen LogP contribution in [0.5, 0.6) is 5.88 Å². The average molecular weight is 225 g/mol. The first-order valence-electron chi connectivity index (χ1n) is 5.53. The van der Waals surface area contributed by atoms with Crippen molar-refractivity contribution in [1.29, 1.82) is 0 Å². The molecule has 1 N–H and O–H groups in total. The van der Waals surface area contributed by atoms with Crippen molar-refractivity contribution < 1.29 is 4.74 Å². The summed E-state index contributed by atoms with van der Waals surface area (Å²) in [5, 5.41) is 7.37. The van der Waals surface area contributed by atoms with Crippen molar-refractivity contribution in [2.24, 2.45) is 0 Å². The molecule has 0 aromatic carbocycles. The molecule has 0 fully saturated rings. The normalized spacial score (nSPS) is 12.4. The van der Waals surface area contributed by atoms with Gasteiger partial charge in [-0.2, -0.15) is 0 Å². The van der Waals surface area contributed by atoms with Gasteiger partial charge >= 0.3 is 0 Å². The molecule has 0 bridgehead atoms. The van der Waals surface area contributed by atoms with Gasteiger partial charge in [-0.3, -0.25) is 4.79 Å². The lowest BCUT2D eigenvalue weighted by atomic mass is 10.2. The van der Waals surface area contributed by atoms with Crippen LogP contribution in [0.4, 0.5) is 0 Å². The van der Waals surface area contributed by atoms with Gasteiger partial charge in [0, 0.05) is 24.7 Å². The van der Waals surface area contributed by atoms with E-state index in [2.05, 4.69) is 24.3 Å². The van der Waals surface area contributed by atoms with E-state index < -0.39 is 0 Å². The second kappa shape index (κ2) is 6.27. The summed E-state index contributed by atoms with van der Waals surface area (Å²) in [6, 6.07) is 3.43. The number of aromatic nitrogens is 2. The molecule has 90 valence electrons. The van der Waals surface area contributed by atoms with E-state index in [4.69, 9.17) is 4.74 Å². The molecule has 0 aliphatic carbocycles. The Kier molecular flexibility index (Phi) is 4.98. The zero-order valence-electron chi connectivity index (χ0n) is 10.1. The minimum atomic E-state index is -0.0931. The molecule has 0 radical (unpaired) electrons. The highest BCUT2D eigenvalue weighted by Crippen LogP contribution is 2.00. The maximum atomic E-state index is 11.5. The third kappa shape index (κ3) is 3.66. The van der Waals surface area contributed by atoms with E-state index in [9.17, 15) is 4.79 Å². The zero-order valence-corrected chi connectivity index (χ0v) is 10.1. The van der Waals surface area contributed by atoms with Crippen LogP contribution in [-0.4, -0.2) is 29.5 Å². The molecule has 0 saturated heterocycles. The molecule has 0 amide bonds. The van der Waals surface area contributed by atoms with Crippen molar-refractivity contribution in [3.8, 4) is 5.88 Å². The van der Waals surface area contributed by atoms with Crippen LogP contribution in [0.1, 0.15) is 20.3 Å². The van der Waals surface area contributed by atoms with Gasteiger partial charge in [-0.1, -0.05) is 6.92 Å². The Balaban J connectivity index is 2.62. The molecule has 1 unspecified atom stereocenters. The molecular weight excluding hydrogens is 206 g/mol. The average Bonchev–Trinajstić information content (AvgIpc) is 2.28. The minimum absolute atomic E-state index is 0.0931. The fourth-order valence-corrected chi connectivity index (χ4v) is 1.47. The molecule has 0 aliphatic heterocycles. The molecule has 1 atom stereocenters. The zero-order chi connectivity index (χ0) is 12.0. The number of nitrogens with one attached hydrogen (secondary N) is 1. The highest BCUT2D eigenvalue weighted by atomic mass is 16.5. The Labute approximate surface area is 95.4 Å². The second-order valence-corrected chi connectivity index (χ2v) is 3.68. The Morgan fingerprint density at radius 1 is 1.56 bits per heavy atom. The lowest BCUT2D eigenvalue weighted by Crippen LogP contribution is -2.30. The summed E-state index contributed by atoms with van der Waals surface area (Å²) in [7, 11) is 1.54. The summed E-state index contributed by atoms with van der Waals surface area (Å²) in [4.78, 5) is 11.5. The predicted molar refractivity (Wildman–Crippen MR) is 62.8 cm³/mol. The fraction of sp³-hybridized carbons (Fsp3) is 0.636. The molecule has 1 aromatic heterocycles. The van der Waals surface area contributed by atoms with Crippen molar-refractivity contribution in [2.45, 2.75) is 32.9 Å². The van der Waals surface area contributed by atoms with Crippen molar-refractivity contribution in [3.05, 3.63) is 22.5 Å².